The quantitative estimate of drug-likeness (QED) is 0.832. The molecule has 1 aromatic carbocycles. The molecule has 21 heavy (non-hydrogen) atoms. The molecule has 0 radical (unpaired) electrons. The molecule has 1 heterocycles. The molecule has 1 unspecified atom stereocenters. The minimum Gasteiger partial charge on any atom is -0.352 e. The van der Waals surface area contributed by atoms with E-state index in [2.05, 4.69) is 10.6 Å². The van der Waals surface area contributed by atoms with Crippen LogP contribution in [0.4, 0.5) is 4.39 Å². The molecule has 1 fully saturated rings. The van der Waals surface area contributed by atoms with Crippen molar-refractivity contribution in [3.8, 4) is 0 Å². The first kappa shape index (κ1) is 15.9. The van der Waals surface area contributed by atoms with E-state index in [1.165, 1.54) is 6.07 Å². The fourth-order valence-electron chi connectivity index (χ4n) is 2.43. The number of rotatable bonds is 6. The van der Waals surface area contributed by atoms with E-state index in [0.717, 1.165) is 18.7 Å². The van der Waals surface area contributed by atoms with E-state index in [1.807, 2.05) is 32.0 Å². The minimum absolute atomic E-state index is 0.0212. The highest BCUT2D eigenvalue weighted by Gasteiger charge is 2.28. The van der Waals surface area contributed by atoms with Crippen molar-refractivity contribution in [2.24, 2.45) is 11.8 Å². The first-order chi connectivity index (χ1) is 9.97. The third-order valence-corrected chi connectivity index (χ3v) is 4.00. The molecule has 1 aliphatic heterocycles. The SMILES string of the molecule is CC(C(=O)NCc1ccc(F)c(CN(C)C)c1)C1CNC1. The van der Waals surface area contributed by atoms with E-state index in [0.29, 0.717) is 24.6 Å². The first-order valence-electron chi connectivity index (χ1n) is 7.38. The van der Waals surface area contributed by atoms with Gasteiger partial charge in [0.15, 0.2) is 0 Å². The van der Waals surface area contributed by atoms with Crippen molar-refractivity contribution < 1.29 is 9.18 Å². The van der Waals surface area contributed by atoms with Crippen LogP contribution >= 0.6 is 0 Å². The largest absolute Gasteiger partial charge is 0.352 e. The van der Waals surface area contributed by atoms with Gasteiger partial charge in [0, 0.05) is 24.6 Å². The molecule has 0 aromatic heterocycles. The first-order valence-corrected chi connectivity index (χ1v) is 7.38. The highest BCUT2D eigenvalue weighted by molar-refractivity contribution is 5.78. The zero-order valence-corrected chi connectivity index (χ0v) is 12.9. The van der Waals surface area contributed by atoms with E-state index in [4.69, 9.17) is 0 Å². The highest BCUT2D eigenvalue weighted by atomic mass is 19.1. The van der Waals surface area contributed by atoms with E-state index in [1.54, 1.807) is 6.07 Å². The third-order valence-electron chi connectivity index (χ3n) is 4.00. The van der Waals surface area contributed by atoms with Crippen LogP contribution in [0.3, 0.4) is 0 Å². The summed E-state index contributed by atoms with van der Waals surface area (Å²) in [5, 5.41) is 6.12. The summed E-state index contributed by atoms with van der Waals surface area (Å²) in [5.74, 6) is 0.322. The summed E-state index contributed by atoms with van der Waals surface area (Å²) in [4.78, 5) is 14.0. The molecule has 1 aromatic rings. The molecular formula is C16H24FN3O. The number of hydrogen-bond acceptors (Lipinski definition) is 3. The Morgan fingerprint density at radius 1 is 1.48 bits per heavy atom. The Kier molecular flexibility index (Phi) is 5.31. The van der Waals surface area contributed by atoms with Gasteiger partial charge >= 0.3 is 0 Å². The molecule has 1 saturated heterocycles. The number of halogens is 1. The molecule has 1 amide bonds. The van der Waals surface area contributed by atoms with Gasteiger partial charge in [0.2, 0.25) is 5.91 Å². The van der Waals surface area contributed by atoms with Gasteiger partial charge in [0.05, 0.1) is 0 Å². The topological polar surface area (TPSA) is 44.4 Å². The van der Waals surface area contributed by atoms with Gasteiger partial charge in [-0.05, 0) is 50.8 Å². The lowest BCUT2D eigenvalue weighted by atomic mass is 9.88. The Bertz CT molecular complexity index is 500. The summed E-state index contributed by atoms with van der Waals surface area (Å²) < 4.78 is 13.7. The summed E-state index contributed by atoms with van der Waals surface area (Å²) in [5.41, 5.74) is 1.59. The molecule has 0 spiro atoms. The van der Waals surface area contributed by atoms with Gasteiger partial charge < -0.3 is 15.5 Å². The number of hydrogen-bond donors (Lipinski definition) is 2. The van der Waals surface area contributed by atoms with Gasteiger partial charge in [-0.3, -0.25) is 4.79 Å². The molecule has 0 bridgehead atoms. The summed E-state index contributed by atoms with van der Waals surface area (Å²) in [6, 6.07) is 5.02. The van der Waals surface area contributed by atoms with Gasteiger partial charge in [0.1, 0.15) is 5.82 Å². The van der Waals surface area contributed by atoms with Crippen molar-refractivity contribution in [3.05, 3.63) is 35.1 Å². The zero-order valence-electron chi connectivity index (χ0n) is 12.9. The molecule has 5 heteroatoms. The van der Waals surface area contributed by atoms with Crippen molar-refractivity contribution in [1.82, 2.24) is 15.5 Å². The maximum Gasteiger partial charge on any atom is 0.223 e. The van der Waals surface area contributed by atoms with Crippen molar-refractivity contribution in [2.45, 2.75) is 20.0 Å². The van der Waals surface area contributed by atoms with Crippen molar-refractivity contribution in [3.63, 3.8) is 0 Å². The summed E-state index contributed by atoms with van der Waals surface area (Å²) in [7, 11) is 3.81. The molecule has 0 saturated carbocycles. The Morgan fingerprint density at radius 3 is 2.76 bits per heavy atom. The standard InChI is InChI=1S/C16H24FN3O/c1-11(14-8-18-9-14)16(21)19-7-12-4-5-15(17)13(6-12)10-20(2)3/h4-6,11,14,18H,7-10H2,1-3H3,(H,19,21). The number of carbonyl (C=O) groups excluding carboxylic acids is 1. The summed E-state index contributed by atoms with van der Waals surface area (Å²) >= 11 is 0. The molecular weight excluding hydrogens is 269 g/mol. The second-order valence-corrected chi connectivity index (χ2v) is 6.09. The van der Waals surface area contributed by atoms with Crippen LogP contribution in [-0.4, -0.2) is 38.0 Å². The molecule has 116 valence electrons. The highest BCUT2D eigenvalue weighted by Crippen LogP contribution is 2.16. The lowest BCUT2D eigenvalue weighted by Crippen LogP contribution is -2.49. The molecule has 1 aliphatic rings. The molecule has 2 rings (SSSR count). The summed E-state index contributed by atoms with van der Waals surface area (Å²) in [6.45, 7) is 4.79. The summed E-state index contributed by atoms with van der Waals surface area (Å²) in [6.07, 6.45) is 0. The fourth-order valence-corrected chi connectivity index (χ4v) is 2.43. The monoisotopic (exact) mass is 293 g/mol. The predicted molar refractivity (Wildman–Crippen MR) is 81.2 cm³/mol. The lowest BCUT2D eigenvalue weighted by molar-refractivity contribution is -0.126. The van der Waals surface area contributed by atoms with E-state index in [9.17, 15) is 9.18 Å². The zero-order chi connectivity index (χ0) is 15.4. The third kappa shape index (κ3) is 4.25. The van der Waals surface area contributed by atoms with Crippen LogP contribution < -0.4 is 10.6 Å². The number of nitrogens with zero attached hydrogens (tertiary/aromatic N) is 1. The van der Waals surface area contributed by atoms with Crippen LogP contribution in [0.2, 0.25) is 0 Å². The second kappa shape index (κ2) is 7.00. The maximum absolute atomic E-state index is 13.7. The number of benzene rings is 1. The molecule has 1 atom stereocenters. The fraction of sp³-hybridized carbons (Fsp3) is 0.562. The predicted octanol–water partition coefficient (Wildman–Crippen LogP) is 1.36. The number of nitrogens with one attached hydrogen (secondary N) is 2. The van der Waals surface area contributed by atoms with Crippen LogP contribution in [-0.2, 0) is 17.9 Å². The van der Waals surface area contributed by atoms with E-state index < -0.39 is 0 Å². The number of amides is 1. The number of carbonyl (C=O) groups is 1. The Morgan fingerprint density at radius 2 is 2.19 bits per heavy atom. The smallest absolute Gasteiger partial charge is 0.223 e. The Hall–Kier alpha value is -1.46. The van der Waals surface area contributed by atoms with Gasteiger partial charge in [-0.2, -0.15) is 0 Å². The second-order valence-electron chi connectivity index (χ2n) is 6.09. The maximum atomic E-state index is 13.7. The lowest BCUT2D eigenvalue weighted by Gasteiger charge is -2.31. The van der Waals surface area contributed by atoms with Crippen LogP contribution in [0.25, 0.3) is 0 Å². The van der Waals surface area contributed by atoms with Crippen LogP contribution in [0.5, 0.6) is 0 Å². The van der Waals surface area contributed by atoms with Crippen LogP contribution in [0.15, 0.2) is 18.2 Å². The van der Waals surface area contributed by atoms with Gasteiger partial charge in [-0.1, -0.05) is 13.0 Å². The van der Waals surface area contributed by atoms with E-state index in [-0.39, 0.29) is 17.6 Å². The van der Waals surface area contributed by atoms with Gasteiger partial charge in [0.25, 0.3) is 0 Å². The Labute approximate surface area is 125 Å². The van der Waals surface area contributed by atoms with Gasteiger partial charge in [-0.15, -0.1) is 0 Å². The molecule has 0 aliphatic carbocycles. The van der Waals surface area contributed by atoms with Crippen LogP contribution in [0.1, 0.15) is 18.1 Å². The van der Waals surface area contributed by atoms with Crippen molar-refractivity contribution in [2.75, 3.05) is 27.2 Å². The Balaban J connectivity index is 1.91. The molecule has 2 N–H and O–H groups in total. The average Bonchev–Trinajstić information content (AvgIpc) is 2.36. The van der Waals surface area contributed by atoms with Crippen LogP contribution in [0, 0.1) is 17.7 Å². The van der Waals surface area contributed by atoms with Crippen molar-refractivity contribution >= 4 is 5.91 Å². The van der Waals surface area contributed by atoms with Crippen molar-refractivity contribution in [1.29, 1.82) is 0 Å². The normalized spacial score (nSPS) is 16.6. The van der Waals surface area contributed by atoms with Gasteiger partial charge in [-0.25, -0.2) is 4.39 Å². The van der Waals surface area contributed by atoms with E-state index >= 15 is 0 Å². The minimum atomic E-state index is -0.201. The average molecular weight is 293 g/mol. The molecule has 4 nitrogen and oxygen atoms in total.